The van der Waals surface area contributed by atoms with Crippen LogP contribution in [0, 0.1) is 5.82 Å². The van der Waals surface area contributed by atoms with Crippen molar-refractivity contribution in [1.29, 1.82) is 0 Å². The van der Waals surface area contributed by atoms with Crippen LogP contribution in [0.4, 0.5) is 10.1 Å². The lowest BCUT2D eigenvalue weighted by molar-refractivity contribution is -0.145. The summed E-state index contributed by atoms with van der Waals surface area (Å²) in [6.45, 7) is 1.54. The van der Waals surface area contributed by atoms with Gasteiger partial charge in [0.1, 0.15) is 5.82 Å². The molecule has 8 nitrogen and oxygen atoms in total. The van der Waals surface area contributed by atoms with Crippen LogP contribution in [0.1, 0.15) is 22.0 Å². The summed E-state index contributed by atoms with van der Waals surface area (Å²) in [6, 6.07) is 18.7. The highest BCUT2D eigenvalue weighted by Gasteiger charge is 2.31. The highest BCUT2D eigenvalue weighted by atomic mass is 32.2. The average molecular weight is 499 g/mol. The fourth-order valence-corrected chi connectivity index (χ4v) is 4.64. The number of nitrogens with one attached hydrogen (secondary N) is 1. The van der Waals surface area contributed by atoms with E-state index in [0.717, 1.165) is 18.2 Å². The second-order valence-corrected chi connectivity index (χ2v) is 9.46. The van der Waals surface area contributed by atoms with Gasteiger partial charge in [-0.1, -0.05) is 36.4 Å². The number of morpholine rings is 1. The van der Waals surface area contributed by atoms with Gasteiger partial charge >= 0.3 is 5.97 Å². The molecule has 0 saturated carbocycles. The van der Waals surface area contributed by atoms with E-state index < -0.39 is 27.9 Å². The number of nitrogens with zero attached hydrogens (tertiary/aromatic N) is 1. The monoisotopic (exact) mass is 498 g/mol. The Labute approximate surface area is 202 Å². The van der Waals surface area contributed by atoms with Gasteiger partial charge in [0.15, 0.2) is 0 Å². The van der Waals surface area contributed by atoms with Crippen molar-refractivity contribution in [2.24, 2.45) is 0 Å². The fraction of sp³-hybridized carbons (Fsp3) is 0.200. The molecule has 1 amide bonds. The van der Waals surface area contributed by atoms with Crippen molar-refractivity contribution in [3.8, 4) is 0 Å². The van der Waals surface area contributed by atoms with Gasteiger partial charge in [0.05, 0.1) is 23.7 Å². The Morgan fingerprint density at radius 3 is 2.31 bits per heavy atom. The number of ether oxygens (including phenoxy) is 2. The largest absolute Gasteiger partial charge is 0.444 e. The van der Waals surface area contributed by atoms with E-state index in [2.05, 4.69) is 4.72 Å². The molecule has 1 N–H and O–H groups in total. The summed E-state index contributed by atoms with van der Waals surface area (Å²) in [6.07, 6.45) is -1.19. The van der Waals surface area contributed by atoms with E-state index in [1.165, 1.54) is 30.3 Å². The van der Waals surface area contributed by atoms with Crippen LogP contribution in [0.5, 0.6) is 0 Å². The number of hydrogen-bond donors (Lipinski definition) is 1. The number of benzene rings is 3. The lowest BCUT2D eigenvalue weighted by atomic mass is 10.1. The maximum absolute atomic E-state index is 13.2. The summed E-state index contributed by atoms with van der Waals surface area (Å²) in [7, 11) is -4.07. The average Bonchev–Trinajstić information content (AvgIpc) is 2.89. The standard InChI is InChI=1S/C25H23FN2O6S/c26-20-9-11-21(12-10-20)27-35(31,32)22-8-4-7-19(17-22)25(30)34-23(18-5-2-1-3-6-18)24(29)28-13-15-33-16-14-28/h1-12,17,23,27H,13-16H2. The van der Waals surface area contributed by atoms with E-state index in [-0.39, 0.29) is 22.1 Å². The maximum Gasteiger partial charge on any atom is 0.339 e. The number of carbonyl (C=O) groups excluding carboxylic acids is 2. The fourth-order valence-electron chi connectivity index (χ4n) is 3.54. The van der Waals surface area contributed by atoms with Crippen molar-refractivity contribution in [2.75, 3.05) is 31.0 Å². The van der Waals surface area contributed by atoms with Gasteiger partial charge < -0.3 is 14.4 Å². The Kier molecular flexibility index (Phi) is 7.42. The van der Waals surface area contributed by atoms with E-state index in [1.807, 2.05) is 0 Å². The molecule has 0 radical (unpaired) electrons. The third-order valence-electron chi connectivity index (χ3n) is 5.35. The minimum Gasteiger partial charge on any atom is -0.444 e. The van der Waals surface area contributed by atoms with Gasteiger partial charge in [0, 0.05) is 24.3 Å². The van der Waals surface area contributed by atoms with Gasteiger partial charge in [-0.2, -0.15) is 0 Å². The SMILES string of the molecule is O=C(OC(C(=O)N1CCOCC1)c1ccccc1)c1cccc(S(=O)(=O)Nc2ccc(F)cc2)c1. The summed E-state index contributed by atoms with van der Waals surface area (Å²) in [4.78, 5) is 27.6. The summed E-state index contributed by atoms with van der Waals surface area (Å²) in [5.74, 6) is -1.73. The molecule has 1 aliphatic rings. The normalized spacial score (nSPS) is 14.7. The molecule has 1 fully saturated rings. The number of carbonyl (C=O) groups is 2. The van der Waals surface area contributed by atoms with Crippen molar-refractivity contribution < 1.29 is 31.9 Å². The molecular weight excluding hydrogens is 475 g/mol. The zero-order chi connectivity index (χ0) is 24.8. The van der Waals surface area contributed by atoms with E-state index in [0.29, 0.717) is 31.9 Å². The third-order valence-corrected chi connectivity index (χ3v) is 6.73. The van der Waals surface area contributed by atoms with Gasteiger partial charge in [-0.05, 0) is 42.5 Å². The summed E-state index contributed by atoms with van der Waals surface area (Å²) in [5.41, 5.74) is 0.626. The number of rotatable bonds is 7. The minimum atomic E-state index is -4.07. The Bertz CT molecular complexity index is 1290. The first kappa shape index (κ1) is 24.4. The molecule has 0 aromatic heterocycles. The van der Waals surface area contributed by atoms with Gasteiger partial charge in [-0.3, -0.25) is 9.52 Å². The molecule has 182 valence electrons. The molecule has 0 aliphatic carbocycles. The number of hydrogen-bond acceptors (Lipinski definition) is 6. The smallest absolute Gasteiger partial charge is 0.339 e. The molecule has 0 bridgehead atoms. The first-order chi connectivity index (χ1) is 16.8. The van der Waals surface area contributed by atoms with Crippen LogP contribution in [-0.4, -0.2) is 51.5 Å². The molecule has 1 atom stereocenters. The van der Waals surface area contributed by atoms with Crippen molar-refractivity contribution in [2.45, 2.75) is 11.0 Å². The number of esters is 1. The zero-order valence-corrected chi connectivity index (χ0v) is 19.4. The predicted molar refractivity (Wildman–Crippen MR) is 126 cm³/mol. The molecule has 1 aliphatic heterocycles. The molecule has 3 aromatic carbocycles. The van der Waals surface area contributed by atoms with Crippen LogP contribution in [0.3, 0.4) is 0 Å². The van der Waals surface area contributed by atoms with Crippen molar-refractivity contribution in [1.82, 2.24) is 4.90 Å². The maximum atomic E-state index is 13.2. The second kappa shape index (κ2) is 10.7. The van der Waals surface area contributed by atoms with E-state index >= 15 is 0 Å². The minimum absolute atomic E-state index is 0.0392. The molecule has 1 heterocycles. The highest BCUT2D eigenvalue weighted by Crippen LogP contribution is 2.24. The van der Waals surface area contributed by atoms with Gasteiger partial charge in [-0.25, -0.2) is 17.6 Å². The quantitative estimate of drug-likeness (QED) is 0.501. The van der Waals surface area contributed by atoms with Gasteiger partial charge in [-0.15, -0.1) is 0 Å². The van der Waals surface area contributed by atoms with Crippen LogP contribution in [0.2, 0.25) is 0 Å². The third kappa shape index (κ3) is 6.03. The Balaban J connectivity index is 1.56. The van der Waals surface area contributed by atoms with Gasteiger partial charge in [0.25, 0.3) is 15.9 Å². The highest BCUT2D eigenvalue weighted by molar-refractivity contribution is 7.92. The predicted octanol–water partition coefficient (Wildman–Crippen LogP) is 3.38. The van der Waals surface area contributed by atoms with E-state index in [9.17, 15) is 22.4 Å². The molecule has 1 saturated heterocycles. The molecular formula is C25H23FN2O6S. The number of sulfonamides is 1. The van der Waals surface area contributed by atoms with E-state index in [4.69, 9.17) is 9.47 Å². The second-order valence-electron chi connectivity index (χ2n) is 7.77. The Morgan fingerprint density at radius 2 is 1.63 bits per heavy atom. The summed E-state index contributed by atoms with van der Waals surface area (Å²) < 4.78 is 51.9. The van der Waals surface area contributed by atoms with Crippen molar-refractivity contribution >= 4 is 27.6 Å². The number of amides is 1. The lowest BCUT2D eigenvalue weighted by Gasteiger charge is -2.30. The molecule has 3 aromatic rings. The number of halogens is 1. The molecule has 1 unspecified atom stereocenters. The topological polar surface area (TPSA) is 102 Å². The van der Waals surface area contributed by atoms with Crippen LogP contribution in [0.25, 0.3) is 0 Å². The summed E-state index contributed by atoms with van der Waals surface area (Å²) in [5, 5.41) is 0. The molecule has 35 heavy (non-hydrogen) atoms. The lowest BCUT2D eigenvalue weighted by Crippen LogP contribution is -2.44. The summed E-state index contributed by atoms with van der Waals surface area (Å²) >= 11 is 0. The van der Waals surface area contributed by atoms with Crippen LogP contribution in [-0.2, 0) is 24.3 Å². The molecule has 0 spiro atoms. The first-order valence-electron chi connectivity index (χ1n) is 10.8. The molecule has 10 heteroatoms. The van der Waals surface area contributed by atoms with Crippen molar-refractivity contribution in [3.63, 3.8) is 0 Å². The zero-order valence-electron chi connectivity index (χ0n) is 18.6. The van der Waals surface area contributed by atoms with Crippen LogP contribution in [0.15, 0.2) is 83.8 Å². The Hall–Kier alpha value is -3.76. The van der Waals surface area contributed by atoms with Crippen molar-refractivity contribution in [3.05, 3.63) is 95.8 Å². The van der Waals surface area contributed by atoms with Crippen LogP contribution >= 0.6 is 0 Å². The number of anilines is 1. The Morgan fingerprint density at radius 1 is 0.943 bits per heavy atom. The van der Waals surface area contributed by atoms with Gasteiger partial charge in [0.2, 0.25) is 6.10 Å². The first-order valence-corrected chi connectivity index (χ1v) is 12.3. The van der Waals surface area contributed by atoms with Crippen LogP contribution < -0.4 is 4.72 Å². The molecule has 4 rings (SSSR count). The van der Waals surface area contributed by atoms with E-state index in [1.54, 1.807) is 35.2 Å².